The van der Waals surface area contributed by atoms with Crippen LogP contribution < -0.4 is 10.5 Å². The molecule has 0 bridgehead atoms. The maximum atomic E-state index is 12.4. The summed E-state index contributed by atoms with van der Waals surface area (Å²) in [7, 11) is 1.79. The number of benzene rings is 1. The predicted octanol–water partition coefficient (Wildman–Crippen LogP) is 2.75. The molecular formula is C16H23FN2O2. The minimum absolute atomic E-state index is 0.0257. The number of carbonyl (C=O) groups is 1. The zero-order valence-corrected chi connectivity index (χ0v) is 12.8. The van der Waals surface area contributed by atoms with Crippen molar-refractivity contribution in [2.75, 3.05) is 20.2 Å². The Morgan fingerprint density at radius 2 is 2.05 bits per heavy atom. The van der Waals surface area contributed by atoms with E-state index in [9.17, 15) is 9.18 Å². The SMILES string of the molecule is CCC(C)N(C)C(=O)c1ccc(OCC(=CF)CN)cc1. The predicted molar refractivity (Wildman–Crippen MR) is 82.0 cm³/mol. The van der Waals surface area contributed by atoms with Gasteiger partial charge in [0.1, 0.15) is 12.4 Å². The first kappa shape index (κ1) is 17.2. The van der Waals surface area contributed by atoms with E-state index in [2.05, 4.69) is 0 Å². The van der Waals surface area contributed by atoms with E-state index in [0.717, 1.165) is 6.42 Å². The Balaban J connectivity index is 2.67. The number of hydrogen-bond acceptors (Lipinski definition) is 3. The standard InChI is InChI=1S/C16H23FN2O2/c1-4-12(2)19(3)16(20)14-5-7-15(8-6-14)21-11-13(9-17)10-18/h5-9,12H,4,10-11,18H2,1-3H3. The molecule has 1 unspecified atom stereocenters. The Bertz CT molecular complexity index is 486. The van der Waals surface area contributed by atoms with Crippen LogP contribution in [-0.2, 0) is 0 Å². The van der Waals surface area contributed by atoms with Gasteiger partial charge in [-0.25, -0.2) is 4.39 Å². The average molecular weight is 294 g/mol. The van der Waals surface area contributed by atoms with Crippen molar-refractivity contribution >= 4 is 5.91 Å². The van der Waals surface area contributed by atoms with E-state index in [-0.39, 0.29) is 25.1 Å². The monoisotopic (exact) mass is 294 g/mol. The van der Waals surface area contributed by atoms with Gasteiger partial charge >= 0.3 is 0 Å². The molecule has 0 heterocycles. The van der Waals surface area contributed by atoms with Crippen LogP contribution in [0.2, 0.25) is 0 Å². The quantitative estimate of drug-likeness (QED) is 0.841. The lowest BCUT2D eigenvalue weighted by atomic mass is 10.1. The minimum Gasteiger partial charge on any atom is -0.489 e. The molecular weight excluding hydrogens is 271 g/mol. The Morgan fingerprint density at radius 1 is 1.43 bits per heavy atom. The second kappa shape index (κ2) is 8.42. The summed E-state index contributed by atoms with van der Waals surface area (Å²) in [6.45, 7) is 4.27. The van der Waals surface area contributed by atoms with E-state index in [1.54, 1.807) is 36.2 Å². The maximum absolute atomic E-state index is 12.4. The molecule has 0 aliphatic rings. The average Bonchev–Trinajstić information content (AvgIpc) is 2.54. The molecule has 0 aromatic heterocycles. The van der Waals surface area contributed by atoms with Gasteiger partial charge in [0, 0.05) is 30.8 Å². The van der Waals surface area contributed by atoms with Crippen LogP contribution in [0.4, 0.5) is 4.39 Å². The molecule has 0 radical (unpaired) electrons. The Morgan fingerprint density at radius 3 is 2.52 bits per heavy atom. The topological polar surface area (TPSA) is 55.6 Å². The fourth-order valence-corrected chi connectivity index (χ4v) is 1.68. The number of halogens is 1. The van der Waals surface area contributed by atoms with Gasteiger partial charge < -0.3 is 15.4 Å². The Hall–Kier alpha value is -1.88. The van der Waals surface area contributed by atoms with Gasteiger partial charge in [-0.15, -0.1) is 0 Å². The molecule has 0 aliphatic heterocycles. The van der Waals surface area contributed by atoms with Crippen LogP contribution >= 0.6 is 0 Å². The van der Waals surface area contributed by atoms with E-state index < -0.39 is 0 Å². The molecule has 1 rings (SSSR count). The number of nitrogens with zero attached hydrogens (tertiary/aromatic N) is 1. The van der Waals surface area contributed by atoms with Gasteiger partial charge in [-0.3, -0.25) is 4.79 Å². The van der Waals surface area contributed by atoms with Gasteiger partial charge in [-0.2, -0.15) is 0 Å². The van der Waals surface area contributed by atoms with Gasteiger partial charge in [0.15, 0.2) is 0 Å². The zero-order chi connectivity index (χ0) is 15.8. The highest BCUT2D eigenvalue weighted by Gasteiger charge is 2.15. The third-order valence-corrected chi connectivity index (χ3v) is 3.51. The molecule has 21 heavy (non-hydrogen) atoms. The van der Waals surface area contributed by atoms with Gasteiger partial charge in [0.2, 0.25) is 0 Å². The molecule has 4 nitrogen and oxygen atoms in total. The lowest BCUT2D eigenvalue weighted by Crippen LogP contribution is -2.34. The number of amides is 1. The number of ether oxygens (including phenoxy) is 1. The van der Waals surface area contributed by atoms with Crippen molar-refractivity contribution in [3.05, 3.63) is 41.7 Å². The molecule has 0 saturated carbocycles. The molecule has 1 amide bonds. The van der Waals surface area contributed by atoms with Gasteiger partial charge in [-0.05, 0) is 37.6 Å². The van der Waals surface area contributed by atoms with E-state index in [1.807, 2.05) is 13.8 Å². The largest absolute Gasteiger partial charge is 0.489 e. The maximum Gasteiger partial charge on any atom is 0.253 e. The van der Waals surface area contributed by atoms with Gasteiger partial charge in [0.25, 0.3) is 5.91 Å². The minimum atomic E-state index is -0.0257. The molecule has 1 atom stereocenters. The zero-order valence-electron chi connectivity index (χ0n) is 12.8. The highest BCUT2D eigenvalue weighted by molar-refractivity contribution is 5.94. The van der Waals surface area contributed by atoms with Crippen molar-refractivity contribution in [1.82, 2.24) is 4.90 Å². The molecule has 0 fully saturated rings. The summed E-state index contributed by atoms with van der Waals surface area (Å²) < 4.78 is 17.8. The van der Waals surface area contributed by atoms with Crippen molar-refractivity contribution in [3.63, 3.8) is 0 Å². The van der Waals surface area contributed by atoms with E-state index in [1.165, 1.54) is 0 Å². The van der Waals surface area contributed by atoms with Crippen molar-refractivity contribution in [2.45, 2.75) is 26.3 Å². The van der Waals surface area contributed by atoms with Crippen molar-refractivity contribution in [2.24, 2.45) is 5.73 Å². The van der Waals surface area contributed by atoms with E-state index in [0.29, 0.717) is 23.2 Å². The molecule has 0 saturated heterocycles. The molecule has 2 N–H and O–H groups in total. The summed E-state index contributed by atoms with van der Waals surface area (Å²) in [5.41, 5.74) is 6.33. The van der Waals surface area contributed by atoms with Crippen LogP contribution in [0.25, 0.3) is 0 Å². The fourth-order valence-electron chi connectivity index (χ4n) is 1.68. The van der Waals surface area contributed by atoms with E-state index >= 15 is 0 Å². The van der Waals surface area contributed by atoms with Gasteiger partial charge in [-0.1, -0.05) is 6.92 Å². The summed E-state index contributed by atoms with van der Waals surface area (Å²) in [6.07, 6.45) is 1.36. The summed E-state index contributed by atoms with van der Waals surface area (Å²) in [5.74, 6) is 0.549. The second-order valence-corrected chi connectivity index (χ2v) is 4.96. The van der Waals surface area contributed by atoms with Crippen LogP contribution in [0.3, 0.4) is 0 Å². The van der Waals surface area contributed by atoms with Gasteiger partial charge in [0.05, 0.1) is 6.33 Å². The normalized spacial score (nSPS) is 12.9. The number of hydrogen-bond donors (Lipinski definition) is 1. The first-order valence-electron chi connectivity index (χ1n) is 7.01. The third kappa shape index (κ3) is 4.86. The summed E-state index contributed by atoms with van der Waals surface area (Å²) in [4.78, 5) is 13.9. The molecule has 5 heteroatoms. The molecule has 1 aromatic carbocycles. The smallest absolute Gasteiger partial charge is 0.253 e. The lowest BCUT2D eigenvalue weighted by Gasteiger charge is -2.23. The molecule has 116 valence electrons. The summed E-state index contributed by atoms with van der Waals surface area (Å²) >= 11 is 0. The van der Waals surface area contributed by atoms with Crippen molar-refractivity contribution in [3.8, 4) is 5.75 Å². The third-order valence-electron chi connectivity index (χ3n) is 3.51. The van der Waals surface area contributed by atoms with Crippen LogP contribution in [0.1, 0.15) is 30.6 Å². The first-order valence-corrected chi connectivity index (χ1v) is 7.01. The summed E-state index contributed by atoms with van der Waals surface area (Å²) in [6, 6.07) is 7.00. The van der Waals surface area contributed by atoms with Crippen LogP contribution in [0.5, 0.6) is 5.75 Å². The number of carbonyl (C=O) groups excluding carboxylic acids is 1. The highest BCUT2D eigenvalue weighted by atomic mass is 19.1. The van der Waals surface area contributed by atoms with E-state index in [4.69, 9.17) is 10.5 Å². The number of rotatable bonds is 7. The van der Waals surface area contributed by atoms with Crippen LogP contribution in [0, 0.1) is 0 Å². The first-order chi connectivity index (χ1) is 10.0. The number of nitrogens with two attached hydrogens (primary N) is 1. The highest BCUT2D eigenvalue weighted by Crippen LogP contribution is 2.15. The molecule has 1 aromatic rings. The molecule has 0 spiro atoms. The summed E-state index contributed by atoms with van der Waals surface area (Å²) in [5, 5.41) is 0. The molecule has 0 aliphatic carbocycles. The second-order valence-electron chi connectivity index (χ2n) is 4.96. The van der Waals surface area contributed by atoms with Crippen molar-refractivity contribution in [1.29, 1.82) is 0 Å². The lowest BCUT2D eigenvalue weighted by molar-refractivity contribution is 0.0740. The van der Waals surface area contributed by atoms with Crippen LogP contribution in [-0.4, -0.2) is 37.0 Å². The fraction of sp³-hybridized carbons (Fsp3) is 0.438. The Labute approximate surface area is 125 Å². The Kier molecular flexibility index (Phi) is 6.88. The van der Waals surface area contributed by atoms with Crippen LogP contribution in [0.15, 0.2) is 36.2 Å². The van der Waals surface area contributed by atoms with Crippen molar-refractivity contribution < 1.29 is 13.9 Å².